The zero-order valence-corrected chi connectivity index (χ0v) is 11.5. The summed E-state index contributed by atoms with van der Waals surface area (Å²) in [5.74, 6) is -0.775. The maximum Gasteiger partial charge on any atom is 0.326 e. The van der Waals surface area contributed by atoms with Crippen molar-refractivity contribution in [2.45, 2.75) is 36.9 Å². The number of nitrogens with zero attached hydrogens (tertiary/aromatic N) is 1. The van der Waals surface area contributed by atoms with Crippen molar-refractivity contribution in [3.05, 3.63) is 35.9 Å². The summed E-state index contributed by atoms with van der Waals surface area (Å²) < 4.78 is 0. The van der Waals surface area contributed by atoms with Gasteiger partial charge in [-0.15, -0.1) is 0 Å². The van der Waals surface area contributed by atoms with E-state index in [0.717, 1.165) is 6.42 Å². The molecule has 112 valence electrons. The second kappa shape index (κ2) is 5.37. The number of aliphatic hydroxyl groups is 1. The van der Waals surface area contributed by atoms with E-state index in [1.54, 1.807) is 0 Å². The molecule has 3 rings (SSSR count). The van der Waals surface area contributed by atoms with E-state index in [9.17, 15) is 14.7 Å². The predicted octanol–water partition coefficient (Wildman–Crippen LogP) is 0.772. The van der Waals surface area contributed by atoms with Crippen molar-refractivity contribution in [1.82, 2.24) is 10.2 Å². The molecular weight excluding hydrogens is 272 g/mol. The molecule has 6 nitrogen and oxygen atoms in total. The van der Waals surface area contributed by atoms with Gasteiger partial charge in [-0.2, -0.15) is 0 Å². The summed E-state index contributed by atoms with van der Waals surface area (Å²) in [4.78, 5) is 24.5. The molecule has 0 bridgehead atoms. The highest BCUT2D eigenvalue weighted by atomic mass is 16.4. The molecule has 0 radical (unpaired) electrons. The van der Waals surface area contributed by atoms with Gasteiger partial charge in [0, 0.05) is 24.9 Å². The van der Waals surface area contributed by atoms with Crippen molar-refractivity contribution >= 4 is 12.0 Å². The van der Waals surface area contributed by atoms with Crippen LogP contribution in [0.3, 0.4) is 0 Å². The van der Waals surface area contributed by atoms with E-state index in [4.69, 9.17) is 5.11 Å². The lowest BCUT2D eigenvalue weighted by Crippen LogP contribution is -2.47. The SMILES string of the molecule is O=C(O)[C@@H]1C[C@@H](O)CN1C(=O)NC1CC1c1ccccc1. The first-order valence-corrected chi connectivity index (χ1v) is 7.09. The van der Waals surface area contributed by atoms with Gasteiger partial charge in [0.05, 0.1) is 6.10 Å². The van der Waals surface area contributed by atoms with Crippen molar-refractivity contribution in [2.24, 2.45) is 0 Å². The normalized spacial score (nSPS) is 31.0. The van der Waals surface area contributed by atoms with Crippen molar-refractivity contribution in [3.8, 4) is 0 Å². The number of carbonyl (C=O) groups excluding carboxylic acids is 1. The van der Waals surface area contributed by atoms with Crippen LogP contribution in [-0.2, 0) is 4.79 Å². The standard InChI is InChI=1S/C15H18N2O4/c18-10-6-13(14(19)20)17(8-10)15(21)16-12-7-11(12)9-4-2-1-3-5-9/h1-5,10-13,18H,6-8H2,(H,16,21)(H,19,20)/t10-,11?,12?,13+/m1/s1. The molecule has 1 aromatic carbocycles. The number of urea groups is 1. The minimum Gasteiger partial charge on any atom is -0.480 e. The maximum absolute atomic E-state index is 12.2. The number of rotatable bonds is 3. The zero-order chi connectivity index (χ0) is 15.0. The number of carbonyl (C=O) groups is 2. The highest BCUT2D eigenvalue weighted by Gasteiger charge is 2.44. The Kier molecular flexibility index (Phi) is 3.55. The number of carboxylic acids is 1. The molecule has 1 saturated heterocycles. The molecule has 0 spiro atoms. The van der Waals surface area contributed by atoms with E-state index in [-0.39, 0.29) is 19.0 Å². The van der Waals surface area contributed by atoms with Crippen molar-refractivity contribution < 1.29 is 19.8 Å². The van der Waals surface area contributed by atoms with Crippen molar-refractivity contribution in [3.63, 3.8) is 0 Å². The maximum atomic E-state index is 12.2. The van der Waals surface area contributed by atoms with Crippen LogP contribution in [0, 0.1) is 0 Å². The molecule has 1 aliphatic carbocycles. The largest absolute Gasteiger partial charge is 0.480 e. The van der Waals surface area contributed by atoms with Crippen LogP contribution in [0.2, 0.25) is 0 Å². The van der Waals surface area contributed by atoms with E-state index in [2.05, 4.69) is 5.32 Å². The fourth-order valence-electron chi connectivity index (χ4n) is 2.94. The molecule has 2 unspecified atom stereocenters. The topological polar surface area (TPSA) is 89.9 Å². The quantitative estimate of drug-likeness (QED) is 0.767. The molecular formula is C15H18N2O4. The molecule has 21 heavy (non-hydrogen) atoms. The minimum atomic E-state index is -1.07. The molecule has 3 N–H and O–H groups in total. The Morgan fingerprint density at radius 2 is 1.90 bits per heavy atom. The number of aliphatic hydroxyl groups excluding tert-OH is 1. The van der Waals surface area contributed by atoms with Gasteiger partial charge in [-0.05, 0) is 12.0 Å². The average molecular weight is 290 g/mol. The number of hydrogen-bond acceptors (Lipinski definition) is 3. The third kappa shape index (κ3) is 2.85. The average Bonchev–Trinajstić information content (AvgIpc) is 3.11. The van der Waals surface area contributed by atoms with Gasteiger partial charge >= 0.3 is 12.0 Å². The van der Waals surface area contributed by atoms with Gasteiger partial charge in [0.15, 0.2) is 0 Å². The molecule has 1 saturated carbocycles. The Morgan fingerprint density at radius 1 is 1.19 bits per heavy atom. The zero-order valence-electron chi connectivity index (χ0n) is 11.5. The Bertz CT molecular complexity index is 548. The number of nitrogens with one attached hydrogen (secondary N) is 1. The van der Waals surface area contributed by atoms with Crippen LogP contribution in [0.25, 0.3) is 0 Å². The van der Waals surface area contributed by atoms with Crippen molar-refractivity contribution in [2.75, 3.05) is 6.54 Å². The first-order chi connectivity index (χ1) is 10.1. The Morgan fingerprint density at radius 3 is 2.57 bits per heavy atom. The van der Waals surface area contributed by atoms with Crippen LogP contribution >= 0.6 is 0 Å². The van der Waals surface area contributed by atoms with Gasteiger partial charge in [-0.3, -0.25) is 0 Å². The second-order valence-corrected chi connectivity index (χ2v) is 5.70. The first-order valence-electron chi connectivity index (χ1n) is 7.09. The predicted molar refractivity (Wildman–Crippen MR) is 74.9 cm³/mol. The van der Waals surface area contributed by atoms with Gasteiger partial charge < -0.3 is 20.4 Å². The lowest BCUT2D eigenvalue weighted by molar-refractivity contribution is -0.141. The van der Waals surface area contributed by atoms with Gasteiger partial charge in [-0.25, -0.2) is 9.59 Å². The van der Waals surface area contributed by atoms with Crippen LogP contribution in [0.1, 0.15) is 24.3 Å². The van der Waals surface area contributed by atoms with Crippen LogP contribution in [0.15, 0.2) is 30.3 Å². The molecule has 1 heterocycles. The molecule has 1 aromatic rings. The number of likely N-dealkylation sites (tertiary alicyclic amines) is 1. The first kappa shape index (κ1) is 13.9. The third-order valence-corrected chi connectivity index (χ3v) is 4.15. The van der Waals surface area contributed by atoms with Gasteiger partial charge in [0.2, 0.25) is 0 Å². The molecule has 2 aliphatic rings. The van der Waals surface area contributed by atoms with E-state index in [1.807, 2.05) is 30.3 Å². The third-order valence-electron chi connectivity index (χ3n) is 4.15. The monoisotopic (exact) mass is 290 g/mol. The number of benzene rings is 1. The molecule has 1 aliphatic heterocycles. The number of amides is 2. The molecule has 2 fully saturated rings. The molecule has 0 aromatic heterocycles. The second-order valence-electron chi connectivity index (χ2n) is 5.70. The Hall–Kier alpha value is -2.08. The van der Waals surface area contributed by atoms with E-state index in [0.29, 0.717) is 5.92 Å². The number of aliphatic carboxylic acids is 1. The van der Waals surface area contributed by atoms with E-state index >= 15 is 0 Å². The summed E-state index contributed by atoms with van der Waals surface area (Å²) in [6.07, 6.45) is 0.195. The summed E-state index contributed by atoms with van der Waals surface area (Å²) in [5.41, 5.74) is 1.18. The van der Waals surface area contributed by atoms with Gasteiger partial charge in [0.25, 0.3) is 0 Å². The molecule has 2 amide bonds. The van der Waals surface area contributed by atoms with Gasteiger partial charge in [-0.1, -0.05) is 30.3 Å². The molecule has 4 atom stereocenters. The van der Waals surface area contributed by atoms with E-state index < -0.39 is 24.1 Å². The summed E-state index contributed by atoms with van der Waals surface area (Å²) in [6.45, 7) is 0.0749. The fraction of sp³-hybridized carbons (Fsp3) is 0.467. The highest BCUT2D eigenvalue weighted by molar-refractivity contribution is 5.83. The Balaban J connectivity index is 1.59. The minimum absolute atomic E-state index is 0.0482. The smallest absolute Gasteiger partial charge is 0.326 e. The van der Waals surface area contributed by atoms with Crippen LogP contribution < -0.4 is 5.32 Å². The highest BCUT2D eigenvalue weighted by Crippen LogP contribution is 2.40. The van der Waals surface area contributed by atoms with E-state index in [1.165, 1.54) is 10.5 Å². The number of β-amino-alcohol motifs (C(OH)–C–C–N with tert-alkyl or cyclic N) is 1. The fourth-order valence-corrected chi connectivity index (χ4v) is 2.94. The lowest BCUT2D eigenvalue weighted by atomic mass is 10.1. The molecule has 6 heteroatoms. The summed E-state index contributed by atoms with van der Waals surface area (Å²) in [5, 5.41) is 21.5. The Labute approximate surface area is 122 Å². The van der Waals surface area contributed by atoms with Crippen LogP contribution in [-0.4, -0.2) is 51.8 Å². The summed E-state index contributed by atoms with van der Waals surface area (Å²) in [7, 11) is 0. The van der Waals surface area contributed by atoms with Crippen LogP contribution in [0.5, 0.6) is 0 Å². The van der Waals surface area contributed by atoms with Crippen LogP contribution in [0.4, 0.5) is 4.79 Å². The summed E-state index contributed by atoms with van der Waals surface area (Å²) >= 11 is 0. The number of carboxylic acid groups (broad SMARTS) is 1. The lowest BCUT2D eigenvalue weighted by Gasteiger charge is -2.21. The number of hydrogen-bond donors (Lipinski definition) is 3. The summed E-state index contributed by atoms with van der Waals surface area (Å²) in [6, 6.07) is 8.63. The van der Waals surface area contributed by atoms with Gasteiger partial charge in [0.1, 0.15) is 6.04 Å². The van der Waals surface area contributed by atoms with Crippen molar-refractivity contribution in [1.29, 1.82) is 0 Å².